The molecule has 0 aliphatic carbocycles. The van der Waals surface area contributed by atoms with Crippen molar-refractivity contribution in [2.24, 2.45) is 0 Å². The Morgan fingerprint density at radius 2 is 1.74 bits per heavy atom. The van der Waals surface area contributed by atoms with Crippen molar-refractivity contribution >= 4 is 10.9 Å². The monoisotopic (exact) mass is 246 g/mol. The zero-order valence-corrected chi connectivity index (χ0v) is 10.1. The summed E-state index contributed by atoms with van der Waals surface area (Å²) in [5.74, 6) is 1.44. The van der Waals surface area contributed by atoms with E-state index in [1.54, 1.807) is 30.5 Å². The van der Waals surface area contributed by atoms with Crippen LogP contribution < -0.4 is 4.74 Å². The molecule has 90 valence electrons. The second-order valence-electron chi connectivity index (χ2n) is 4.10. The number of fused-ring (bicyclic) bond motifs is 1. The Morgan fingerprint density at radius 3 is 2.53 bits per heavy atom. The van der Waals surface area contributed by atoms with E-state index < -0.39 is 0 Å². The second-order valence-corrected chi connectivity index (χ2v) is 4.10. The van der Waals surface area contributed by atoms with Gasteiger partial charge in [-0.15, -0.1) is 0 Å². The summed E-state index contributed by atoms with van der Waals surface area (Å²) in [6.07, 6.45) is 1.76. The highest BCUT2D eigenvalue weighted by Gasteiger charge is 2.00. The minimum absolute atomic E-state index is 0.618. The maximum atomic E-state index is 8.74. The Balaban J connectivity index is 1.90. The number of nitriles is 1. The van der Waals surface area contributed by atoms with E-state index in [-0.39, 0.29) is 0 Å². The Kier molecular flexibility index (Phi) is 2.83. The predicted molar refractivity (Wildman–Crippen MR) is 73.0 cm³/mol. The van der Waals surface area contributed by atoms with Crippen molar-refractivity contribution in [1.82, 2.24) is 4.98 Å². The lowest BCUT2D eigenvalue weighted by Gasteiger charge is -2.06. The third kappa shape index (κ3) is 2.38. The van der Waals surface area contributed by atoms with Gasteiger partial charge in [0.25, 0.3) is 0 Å². The number of ether oxygens (including phenoxy) is 1. The van der Waals surface area contributed by atoms with Gasteiger partial charge in [0, 0.05) is 17.6 Å². The molecule has 3 rings (SSSR count). The molecule has 2 aromatic carbocycles. The zero-order valence-electron chi connectivity index (χ0n) is 10.1. The van der Waals surface area contributed by atoms with E-state index >= 15 is 0 Å². The number of hydrogen-bond donors (Lipinski definition) is 0. The summed E-state index contributed by atoms with van der Waals surface area (Å²) < 4.78 is 5.74. The molecule has 3 heteroatoms. The van der Waals surface area contributed by atoms with Crippen LogP contribution in [0.2, 0.25) is 0 Å². The molecule has 0 bridgehead atoms. The van der Waals surface area contributed by atoms with Gasteiger partial charge in [0.2, 0.25) is 0 Å². The number of aromatic nitrogens is 1. The maximum Gasteiger partial charge on any atom is 0.129 e. The average Bonchev–Trinajstić information content (AvgIpc) is 2.48. The molecule has 3 nitrogen and oxygen atoms in total. The Morgan fingerprint density at radius 1 is 0.947 bits per heavy atom. The summed E-state index contributed by atoms with van der Waals surface area (Å²) in [5, 5.41) is 9.82. The summed E-state index contributed by atoms with van der Waals surface area (Å²) in [4.78, 5) is 4.29. The Bertz CT molecular complexity index is 758. The lowest BCUT2D eigenvalue weighted by Crippen LogP contribution is -1.85. The van der Waals surface area contributed by atoms with Crippen LogP contribution in [0.15, 0.2) is 60.8 Å². The van der Waals surface area contributed by atoms with Crippen LogP contribution >= 0.6 is 0 Å². The van der Waals surface area contributed by atoms with Crippen LogP contribution in [-0.2, 0) is 0 Å². The van der Waals surface area contributed by atoms with Gasteiger partial charge in [-0.2, -0.15) is 5.26 Å². The zero-order chi connectivity index (χ0) is 13.1. The van der Waals surface area contributed by atoms with Crippen molar-refractivity contribution in [3.63, 3.8) is 0 Å². The normalized spacial score (nSPS) is 10.1. The molecule has 0 atom stereocenters. The largest absolute Gasteiger partial charge is 0.457 e. The lowest BCUT2D eigenvalue weighted by molar-refractivity contribution is 0.483. The fourth-order valence-electron chi connectivity index (χ4n) is 1.84. The summed E-state index contributed by atoms with van der Waals surface area (Å²) in [7, 11) is 0. The third-order valence-electron chi connectivity index (χ3n) is 2.80. The molecular formula is C16H10N2O. The van der Waals surface area contributed by atoms with Crippen LogP contribution in [0.1, 0.15) is 5.56 Å². The van der Waals surface area contributed by atoms with E-state index in [4.69, 9.17) is 10.00 Å². The fourth-order valence-corrected chi connectivity index (χ4v) is 1.84. The smallest absolute Gasteiger partial charge is 0.129 e. The van der Waals surface area contributed by atoms with Gasteiger partial charge in [-0.25, -0.2) is 0 Å². The van der Waals surface area contributed by atoms with Crippen LogP contribution in [0, 0.1) is 11.3 Å². The highest BCUT2D eigenvalue weighted by Crippen LogP contribution is 2.24. The van der Waals surface area contributed by atoms with Gasteiger partial charge in [0.05, 0.1) is 17.1 Å². The molecule has 0 radical (unpaired) electrons. The molecule has 1 aromatic heterocycles. The molecule has 0 N–H and O–H groups in total. The third-order valence-corrected chi connectivity index (χ3v) is 2.80. The van der Waals surface area contributed by atoms with E-state index in [0.717, 1.165) is 16.7 Å². The van der Waals surface area contributed by atoms with Crippen molar-refractivity contribution in [3.05, 3.63) is 66.4 Å². The van der Waals surface area contributed by atoms with E-state index in [2.05, 4.69) is 11.1 Å². The van der Waals surface area contributed by atoms with E-state index in [1.807, 2.05) is 30.3 Å². The summed E-state index contributed by atoms with van der Waals surface area (Å²) >= 11 is 0. The molecule has 0 saturated carbocycles. The van der Waals surface area contributed by atoms with E-state index in [0.29, 0.717) is 11.3 Å². The molecule has 19 heavy (non-hydrogen) atoms. The number of nitrogens with zero attached hydrogens (tertiary/aromatic N) is 2. The summed E-state index contributed by atoms with van der Waals surface area (Å²) in [6.45, 7) is 0. The molecular weight excluding hydrogens is 236 g/mol. The first kappa shape index (κ1) is 11.2. The number of benzene rings is 2. The molecule has 0 aliphatic heterocycles. The quantitative estimate of drug-likeness (QED) is 0.688. The first-order chi connectivity index (χ1) is 9.35. The van der Waals surface area contributed by atoms with Crippen molar-refractivity contribution < 1.29 is 4.74 Å². The minimum atomic E-state index is 0.618. The fraction of sp³-hybridized carbons (Fsp3) is 0. The van der Waals surface area contributed by atoms with Crippen molar-refractivity contribution in [2.75, 3.05) is 0 Å². The van der Waals surface area contributed by atoms with Gasteiger partial charge in [-0.1, -0.05) is 6.07 Å². The lowest BCUT2D eigenvalue weighted by atomic mass is 10.2. The van der Waals surface area contributed by atoms with Crippen LogP contribution in [0.25, 0.3) is 10.9 Å². The number of pyridine rings is 1. The average molecular weight is 246 g/mol. The molecule has 0 aliphatic rings. The molecule has 0 unspecified atom stereocenters. The van der Waals surface area contributed by atoms with Gasteiger partial charge < -0.3 is 4.74 Å². The number of rotatable bonds is 2. The highest BCUT2D eigenvalue weighted by molar-refractivity contribution is 5.79. The van der Waals surface area contributed by atoms with Gasteiger partial charge in [-0.05, 0) is 42.5 Å². The van der Waals surface area contributed by atoms with Gasteiger partial charge in [0.15, 0.2) is 0 Å². The highest BCUT2D eigenvalue weighted by atomic mass is 16.5. The molecule has 0 saturated heterocycles. The first-order valence-electron chi connectivity index (χ1n) is 5.88. The summed E-state index contributed by atoms with van der Waals surface area (Å²) in [5.41, 5.74) is 1.51. The van der Waals surface area contributed by atoms with Crippen molar-refractivity contribution in [3.8, 4) is 17.6 Å². The summed E-state index contributed by atoms with van der Waals surface area (Å²) in [6, 6.07) is 18.8. The predicted octanol–water partition coefficient (Wildman–Crippen LogP) is 3.90. The van der Waals surface area contributed by atoms with Crippen LogP contribution in [0.3, 0.4) is 0 Å². The topological polar surface area (TPSA) is 45.9 Å². The molecule has 0 fully saturated rings. The number of hydrogen-bond acceptors (Lipinski definition) is 3. The van der Waals surface area contributed by atoms with Crippen molar-refractivity contribution in [2.45, 2.75) is 0 Å². The SMILES string of the molecule is N#Cc1ccc(Oc2ccc3cccnc3c2)cc1. The molecule has 3 aromatic rings. The van der Waals surface area contributed by atoms with Crippen LogP contribution in [-0.4, -0.2) is 4.98 Å². The van der Waals surface area contributed by atoms with Crippen LogP contribution in [0.5, 0.6) is 11.5 Å². The van der Waals surface area contributed by atoms with Crippen molar-refractivity contribution in [1.29, 1.82) is 5.26 Å². The van der Waals surface area contributed by atoms with Gasteiger partial charge in [0.1, 0.15) is 11.5 Å². The molecule has 1 heterocycles. The molecule has 0 spiro atoms. The molecule has 0 amide bonds. The van der Waals surface area contributed by atoms with E-state index in [9.17, 15) is 0 Å². The standard InChI is InChI=1S/C16H10N2O/c17-11-12-3-6-14(7-4-12)19-15-8-5-13-2-1-9-18-16(13)10-15/h1-10H. The second kappa shape index (κ2) is 4.79. The van der Waals surface area contributed by atoms with Gasteiger partial charge >= 0.3 is 0 Å². The Labute approximate surface area is 110 Å². The first-order valence-corrected chi connectivity index (χ1v) is 5.88. The van der Waals surface area contributed by atoms with Crippen LogP contribution in [0.4, 0.5) is 0 Å². The van der Waals surface area contributed by atoms with Gasteiger partial charge in [-0.3, -0.25) is 4.98 Å². The minimum Gasteiger partial charge on any atom is -0.457 e. The van der Waals surface area contributed by atoms with E-state index in [1.165, 1.54) is 0 Å². The maximum absolute atomic E-state index is 8.74. The Hall–Kier alpha value is -2.86.